The Bertz CT molecular complexity index is 883. The molecule has 0 N–H and O–H groups in total. The van der Waals surface area contributed by atoms with Gasteiger partial charge in [-0.15, -0.1) is 0 Å². The van der Waals surface area contributed by atoms with Crippen molar-refractivity contribution in [2.24, 2.45) is 0 Å². The minimum Gasteiger partial charge on any atom is -0.493 e. The van der Waals surface area contributed by atoms with E-state index in [-0.39, 0.29) is 18.8 Å². The lowest BCUT2D eigenvalue weighted by atomic mass is 9.93. The van der Waals surface area contributed by atoms with E-state index < -0.39 is 5.97 Å². The highest BCUT2D eigenvalue weighted by Crippen LogP contribution is 2.28. The molecule has 0 saturated carbocycles. The van der Waals surface area contributed by atoms with Gasteiger partial charge in [0.2, 0.25) is 5.78 Å². The Hall–Kier alpha value is -2.82. The molecule has 0 fully saturated rings. The van der Waals surface area contributed by atoms with Crippen molar-refractivity contribution in [1.29, 1.82) is 0 Å². The summed E-state index contributed by atoms with van der Waals surface area (Å²) < 4.78 is 15.7. The number of carbonyl (C=O) groups excluding carboxylic acids is 2. The average Bonchev–Trinajstić information content (AvgIpc) is 2.71. The Kier molecular flexibility index (Phi) is 7.21. The third-order valence-electron chi connectivity index (χ3n) is 5.21. The van der Waals surface area contributed by atoms with Crippen molar-refractivity contribution >= 4 is 11.8 Å². The predicted octanol–water partition coefficient (Wildman–Crippen LogP) is 4.30. The Balaban J connectivity index is 1.93. The molecule has 0 heterocycles. The van der Waals surface area contributed by atoms with Crippen LogP contribution in [0.5, 0.6) is 11.5 Å². The Morgan fingerprint density at radius 1 is 0.857 bits per heavy atom. The molecule has 2 aromatic rings. The van der Waals surface area contributed by atoms with Crippen LogP contribution in [0, 0.1) is 27.7 Å². The summed E-state index contributed by atoms with van der Waals surface area (Å²) in [5.74, 6) is 0.673. The maximum atomic E-state index is 12.5. The fraction of sp³-hybridized carbons (Fsp3) is 0.391. The highest BCUT2D eigenvalue weighted by atomic mass is 16.5. The van der Waals surface area contributed by atoms with Gasteiger partial charge in [0.1, 0.15) is 0 Å². The zero-order valence-corrected chi connectivity index (χ0v) is 17.5. The van der Waals surface area contributed by atoms with Crippen molar-refractivity contribution in [3.05, 3.63) is 57.6 Å². The molecule has 0 aliphatic rings. The fourth-order valence-electron chi connectivity index (χ4n) is 3.08. The largest absolute Gasteiger partial charge is 0.493 e. The molecule has 0 spiro atoms. The van der Waals surface area contributed by atoms with Crippen LogP contribution >= 0.6 is 0 Å². The number of esters is 1. The summed E-state index contributed by atoms with van der Waals surface area (Å²) in [6, 6.07) is 7.38. The molecule has 0 aliphatic heterocycles. The summed E-state index contributed by atoms with van der Waals surface area (Å²) in [4.78, 5) is 24.6. The first-order chi connectivity index (χ1) is 13.3. The second kappa shape index (κ2) is 9.40. The first-order valence-corrected chi connectivity index (χ1v) is 9.25. The molecule has 28 heavy (non-hydrogen) atoms. The molecule has 0 aliphatic carbocycles. The van der Waals surface area contributed by atoms with Crippen LogP contribution in [0.3, 0.4) is 0 Å². The molecule has 2 rings (SSSR count). The van der Waals surface area contributed by atoms with Crippen LogP contribution in [0.15, 0.2) is 24.3 Å². The number of rotatable bonds is 8. The lowest BCUT2D eigenvalue weighted by molar-refractivity contribution is -0.142. The Labute approximate surface area is 166 Å². The molecule has 5 nitrogen and oxygen atoms in total. The lowest BCUT2D eigenvalue weighted by Gasteiger charge is -2.13. The van der Waals surface area contributed by atoms with E-state index in [0.29, 0.717) is 23.5 Å². The van der Waals surface area contributed by atoms with E-state index in [2.05, 4.69) is 0 Å². The van der Waals surface area contributed by atoms with Gasteiger partial charge in [-0.2, -0.15) is 0 Å². The van der Waals surface area contributed by atoms with Crippen molar-refractivity contribution in [3.8, 4) is 11.5 Å². The first kappa shape index (κ1) is 21.5. The molecular formula is C23H28O5. The summed E-state index contributed by atoms with van der Waals surface area (Å²) >= 11 is 0. The second-order valence-electron chi connectivity index (χ2n) is 6.89. The number of ketones is 1. The standard InChI is InChI=1S/C23H28O5/c1-14-11-19(17(4)16(3)15(14)2)20(24)13-28-23(25)10-8-18-7-9-21(26-5)22(12-18)27-6/h7,9,11-12H,8,10,13H2,1-6H3. The maximum Gasteiger partial charge on any atom is 0.306 e. The summed E-state index contributed by atoms with van der Waals surface area (Å²) in [5, 5.41) is 0. The van der Waals surface area contributed by atoms with E-state index in [0.717, 1.165) is 22.3 Å². The number of benzene rings is 2. The minimum atomic E-state index is -0.402. The van der Waals surface area contributed by atoms with Crippen LogP contribution in [-0.2, 0) is 16.0 Å². The molecule has 0 saturated heterocycles. The molecule has 0 aromatic heterocycles. The molecule has 0 amide bonds. The van der Waals surface area contributed by atoms with Gasteiger partial charge in [-0.25, -0.2) is 0 Å². The smallest absolute Gasteiger partial charge is 0.306 e. The fourth-order valence-corrected chi connectivity index (χ4v) is 3.08. The van der Waals surface area contributed by atoms with Crippen LogP contribution in [0.2, 0.25) is 0 Å². The van der Waals surface area contributed by atoms with E-state index >= 15 is 0 Å². The second-order valence-corrected chi connectivity index (χ2v) is 6.89. The summed E-state index contributed by atoms with van der Waals surface area (Å²) in [7, 11) is 3.14. The highest BCUT2D eigenvalue weighted by Gasteiger charge is 2.16. The lowest BCUT2D eigenvalue weighted by Crippen LogP contribution is -2.16. The molecule has 150 valence electrons. The number of carbonyl (C=O) groups is 2. The van der Waals surface area contributed by atoms with Gasteiger partial charge >= 0.3 is 5.97 Å². The third kappa shape index (κ3) is 4.91. The summed E-state index contributed by atoms with van der Waals surface area (Å²) in [6.45, 7) is 7.71. The van der Waals surface area contributed by atoms with Gasteiger partial charge in [0.15, 0.2) is 18.1 Å². The van der Waals surface area contributed by atoms with Gasteiger partial charge in [0.05, 0.1) is 14.2 Å². The van der Waals surface area contributed by atoms with E-state index in [1.54, 1.807) is 20.3 Å². The van der Waals surface area contributed by atoms with Crippen LogP contribution in [0.4, 0.5) is 0 Å². The molecular weight excluding hydrogens is 356 g/mol. The van der Waals surface area contributed by atoms with Gasteiger partial charge in [-0.1, -0.05) is 6.07 Å². The minimum absolute atomic E-state index is 0.178. The number of ether oxygens (including phenoxy) is 3. The van der Waals surface area contributed by atoms with E-state index in [1.165, 1.54) is 5.56 Å². The van der Waals surface area contributed by atoms with Crippen LogP contribution in [0.25, 0.3) is 0 Å². The molecule has 0 bridgehead atoms. The number of methoxy groups -OCH3 is 2. The summed E-state index contributed by atoms with van der Waals surface area (Å²) in [5.41, 5.74) is 5.83. The van der Waals surface area contributed by atoms with Crippen molar-refractivity contribution in [2.45, 2.75) is 40.5 Å². The van der Waals surface area contributed by atoms with Gasteiger partial charge in [0.25, 0.3) is 0 Å². The monoisotopic (exact) mass is 384 g/mol. The van der Waals surface area contributed by atoms with Crippen molar-refractivity contribution < 1.29 is 23.8 Å². The van der Waals surface area contributed by atoms with Gasteiger partial charge in [-0.3, -0.25) is 9.59 Å². The maximum absolute atomic E-state index is 12.5. The number of Topliss-reactive ketones (excluding diaryl/α,β-unsaturated/α-hetero) is 1. The molecule has 5 heteroatoms. The van der Waals surface area contributed by atoms with Crippen LogP contribution in [-0.4, -0.2) is 32.6 Å². The SMILES string of the molecule is COc1ccc(CCC(=O)OCC(=O)c2cc(C)c(C)c(C)c2C)cc1OC. The van der Waals surface area contributed by atoms with Crippen molar-refractivity contribution in [1.82, 2.24) is 0 Å². The topological polar surface area (TPSA) is 61.8 Å². The molecule has 0 atom stereocenters. The quantitative estimate of drug-likeness (QED) is 0.502. The molecule has 0 unspecified atom stereocenters. The van der Waals surface area contributed by atoms with Gasteiger partial charge in [0, 0.05) is 12.0 Å². The first-order valence-electron chi connectivity index (χ1n) is 9.25. The highest BCUT2D eigenvalue weighted by molar-refractivity contribution is 5.99. The zero-order chi connectivity index (χ0) is 20.8. The van der Waals surface area contributed by atoms with Crippen molar-refractivity contribution in [2.75, 3.05) is 20.8 Å². The van der Waals surface area contributed by atoms with Gasteiger partial charge in [-0.05, 0) is 80.1 Å². The third-order valence-corrected chi connectivity index (χ3v) is 5.21. The summed E-state index contributed by atoms with van der Waals surface area (Å²) in [6.07, 6.45) is 0.683. The van der Waals surface area contributed by atoms with Gasteiger partial charge < -0.3 is 14.2 Å². The van der Waals surface area contributed by atoms with E-state index in [9.17, 15) is 9.59 Å². The molecule has 0 radical (unpaired) electrons. The zero-order valence-electron chi connectivity index (χ0n) is 17.5. The van der Waals surface area contributed by atoms with Crippen LogP contribution in [0.1, 0.15) is 44.6 Å². The predicted molar refractivity (Wildman–Crippen MR) is 109 cm³/mol. The van der Waals surface area contributed by atoms with E-state index in [1.807, 2.05) is 45.9 Å². The number of aryl methyl sites for hydroxylation is 2. The number of hydrogen-bond acceptors (Lipinski definition) is 5. The average molecular weight is 384 g/mol. The van der Waals surface area contributed by atoms with Crippen molar-refractivity contribution in [3.63, 3.8) is 0 Å². The normalized spacial score (nSPS) is 10.5. The Morgan fingerprint density at radius 2 is 1.54 bits per heavy atom. The number of hydrogen-bond donors (Lipinski definition) is 0. The molecule has 2 aromatic carbocycles. The Morgan fingerprint density at radius 3 is 2.18 bits per heavy atom. The van der Waals surface area contributed by atoms with E-state index in [4.69, 9.17) is 14.2 Å². The van der Waals surface area contributed by atoms with Crippen LogP contribution < -0.4 is 9.47 Å².